The molecule has 2 rings (SSSR count). The maximum absolute atomic E-state index is 12.6. The molecule has 0 fully saturated rings. The van der Waals surface area contributed by atoms with Gasteiger partial charge in [0.05, 0.1) is 27.9 Å². The molecule has 2 aromatic carbocycles. The number of methoxy groups -OCH3 is 4. The van der Waals surface area contributed by atoms with Crippen LogP contribution in [-0.4, -0.2) is 52.7 Å². The predicted octanol–water partition coefficient (Wildman–Crippen LogP) is 2.86. The molecule has 156 valence electrons. The van der Waals surface area contributed by atoms with Crippen LogP contribution in [0.25, 0.3) is 0 Å². The van der Waals surface area contributed by atoms with Gasteiger partial charge in [-0.3, -0.25) is 10.1 Å². The number of thiocarbonyl (C=S) groups is 1. The molecule has 0 spiro atoms. The Morgan fingerprint density at radius 3 is 2.24 bits per heavy atom. The standard InChI is InChI=1S/C20H24N2O6S/c1-24-8-9-28-15-7-5-6-14(12-15)21-20(29)22-19(23)13-10-16(25-2)18(27-4)17(11-13)26-3/h5-7,10-12H,8-9H2,1-4H3,(H2,21,22,23,29). The molecule has 1 amide bonds. The molecule has 0 saturated heterocycles. The van der Waals surface area contributed by atoms with Gasteiger partial charge in [0, 0.05) is 24.4 Å². The van der Waals surface area contributed by atoms with Crippen molar-refractivity contribution in [3.8, 4) is 23.0 Å². The number of hydrogen-bond acceptors (Lipinski definition) is 7. The quantitative estimate of drug-likeness (QED) is 0.473. The Labute approximate surface area is 175 Å². The molecule has 29 heavy (non-hydrogen) atoms. The Morgan fingerprint density at radius 1 is 0.966 bits per heavy atom. The van der Waals surface area contributed by atoms with Crippen LogP contribution in [0, 0.1) is 0 Å². The lowest BCUT2D eigenvalue weighted by molar-refractivity contribution is 0.0977. The zero-order valence-corrected chi connectivity index (χ0v) is 17.6. The number of hydrogen-bond donors (Lipinski definition) is 2. The molecule has 0 atom stereocenters. The van der Waals surface area contributed by atoms with Gasteiger partial charge in [0.1, 0.15) is 12.4 Å². The Hall–Kier alpha value is -3.04. The summed E-state index contributed by atoms with van der Waals surface area (Å²) in [5.41, 5.74) is 0.982. The van der Waals surface area contributed by atoms with Gasteiger partial charge >= 0.3 is 0 Å². The molecule has 0 saturated carbocycles. The van der Waals surface area contributed by atoms with Crippen molar-refractivity contribution in [3.63, 3.8) is 0 Å². The fourth-order valence-corrected chi connectivity index (χ4v) is 2.67. The number of carbonyl (C=O) groups is 1. The first-order chi connectivity index (χ1) is 14.0. The average Bonchev–Trinajstić information content (AvgIpc) is 2.72. The predicted molar refractivity (Wildman–Crippen MR) is 114 cm³/mol. The summed E-state index contributed by atoms with van der Waals surface area (Å²) in [6.07, 6.45) is 0. The van der Waals surface area contributed by atoms with Crippen LogP contribution in [0.1, 0.15) is 10.4 Å². The van der Waals surface area contributed by atoms with Gasteiger partial charge in [-0.05, 0) is 36.5 Å². The van der Waals surface area contributed by atoms with Crippen LogP contribution in [0.3, 0.4) is 0 Å². The van der Waals surface area contributed by atoms with Crippen LogP contribution in [-0.2, 0) is 4.74 Å². The first-order valence-electron chi connectivity index (χ1n) is 8.66. The molecule has 2 aromatic rings. The highest BCUT2D eigenvalue weighted by Gasteiger charge is 2.17. The lowest BCUT2D eigenvalue weighted by Crippen LogP contribution is -2.34. The third-order valence-electron chi connectivity index (χ3n) is 3.80. The largest absolute Gasteiger partial charge is 0.493 e. The van der Waals surface area contributed by atoms with Gasteiger partial charge in [-0.2, -0.15) is 0 Å². The molecule has 9 heteroatoms. The molecule has 0 bridgehead atoms. The van der Waals surface area contributed by atoms with Crippen molar-refractivity contribution < 1.29 is 28.5 Å². The van der Waals surface area contributed by atoms with E-state index in [0.717, 1.165) is 0 Å². The van der Waals surface area contributed by atoms with E-state index in [0.29, 0.717) is 47.5 Å². The lowest BCUT2D eigenvalue weighted by atomic mass is 10.1. The average molecular weight is 420 g/mol. The van der Waals surface area contributed by atoms with Crippen LogP contribution < -0.4 is 29.6 Å². The summed E-state index contributed by atoms with van der Waals surface area (Å²) in [5, 5.41) is 5.72. The smallest absolute Gasteiger partial charge is 0.257 e. The topological polar surface area (TPSA) is 87.3 Å². The SMILES string of the molecule is COCCOc1cccc(NC(=S)NC(=O)c2cc(OC)c(OC)c(OC)c2)c1. The van der Waals surface area contributed by atoms with Gasteiger partial charge in [-0.1, -0.05) is 6.07 Å². The van der Waals surface area contributed by atoms with E-state index in [1.54, 1.807) is 31.4 Å². The van der Waals surface area contributed by atoms with E-state index >= 15 is 0 Å². The summed E-state index contributed by atoms with van der Waals surface area (Å²) in [6, 6.07) is 10.3. The number of nitrogens with one attached hydrogen (secondary N) is 2. The molecular formula is C20H24N2O6S. The molecule has 0 unspecified atom stereocenters. The molecule has 0 aliphatic rings. The van der Waals surface area contributed by atoms with E-state index < -0.39 is 5.91 Å². The minimum absolute atomic E-state index is 0.137. The fraction of sp³-hybridized carbons (Fsp3) is 0.300. The summed E-state index contributed by atoms with van der Waals surface area (Å²) in [6.45, 7) is 0.920. The van der Waals surface area contributed by atoms with Gasteiger partial charge in [-0.15, -0.1) is 0 Å². The second kappa shape index (κ2) is 11.1. The van der Waals surface area contributed by atoms with Crippen molar-refractivity contribution in [2.45, 2.75) is 0 Å². The molecule has 2 N–H and O–H groups in total. The van der Waals surface area contributed by atoms with Crippen molar-refractivity contribution in [2.75, 3.05) is 47.0 Å². The summed E-state index contributed by atoms with van der Waals surface area (Å²) in [5.74, 6) is 1.38. The molecule has 0 heterocycles. The van der Waals surface area contributed by atoms with Crippen LogP contribution in [0.2, 0.25) is 0 Å². The molecule has 8 nitrogen and oxygen atoms in total. The van der Waals surface area contributed by atoms with E-state index in [1.165, 1.54) is 21.3 Å². The van der Waals surface area contributed by atoms with Crippen LogP contribution in [0.5, 0.6) is 23.0 Å². The minimum atomic E-state index is -0.422. The summed E-state index contributed by atoms with van der Waals surface area (Å²) < 4.78 is 26.3. The molecule has 0 aliphatic heterocycles. The molecule has 0 aromatic heterocycles. The Balaban J connectivity index is 2.06. The monoisotopic (exact) mass is 420 g/mol. The first kappa shape index (κ1) is 22.3. The Morgan fingerprint density at radius 2 is 1.66 bits per heavy atom. The van der Waals surface area contributed by atoms with Crippen molar-refractivity contribution in [1.82, 2.24) is 5.32 Å². The third-order valence-corrected chi connectivity index (χ3v) is 4.01. The highest BCUT2D eigenvalue weighted by atomic mass is 32.1. The van der Waals surface area contributed by atoms with Crippen LogP contribution >= 0.6 is 12.2 Å². The van der Waals surface area contributed by atoms with Crippen LogP contribution in [0.15, 0.2) is 36.4 Å². The zero-order valence-electron chi connectivity index (χ0n) is 16.7. The third kappa shape index (κ3) is 6.23. The van der Waals surface area contributed by atoms with Crippen molar-refractivity contribution in [2.24, 2.45) is 0 Å². The summed E-state index contributed by atoms with van der Waals surface area (Å²) in [4.78, 5) is 12.6. The fourth-order valence-electron chi connectivity index (χ4n) is 2.46. The van der Waals surface area contributed by atoms with Gasteiger partial charge in [0.15, 0.2) is 16.6 Å². The summed E-state index contributed by atoms with van der Waals surface area (Å²) in [7, 11) is 6.06. The lowest BCUT2D eigenvalue weighted by Gasteiger charge is -2.15. The highest BCUT2D eigenvalue weighted by Crippen LogP contribution is 2.38. The normalized spacial score (nSPS) is 10.1. The number of amides is 1. The Kier molecular flexibility index (Phi) is 8.50. The van der Waals surface area contributed by atoms with Crippen molar-refractivity contribution in [1.29, 1.82) is 0 Å². The summed E-state index contributed by atoms with van der Waals surface area (Å²) >= 11 is 5.24. The molecule has 0 aliphatic carbocycles. The van der Waals surface area contributed by atoms with Gasteiger partial charge < -0.3 is 29.0 Å². The van der Waals surface area contributed by atoms with Crippen molar-refractivity contribution in [3.05, 3.63) is 42.0 Å². The van der Waals surface area contributed by atoms with E-state index in [-0.39, 0.29) is 5.11 Å². The highest BCUT2D eigenvalue weighted by molar-refractivity contribution is 7.80. The van der Waals surface area contributed by atoms with E-state index in [4.69, 9.17) is 35.9 Å². The van der Waals surface area contributed by atoms with Gasteiger partial charge in [0.25, 0.3) is 5.91 Å². The minimum Gasteiger partial charge on any atom is -0.493 e. The number of rotatable bonds is 9. The second-order valence-corrected chi connectivity index (χ2v) is 6.10. The maximum Gasteiger partial charge on any atom is 0.257 e. The van der Waals surface area contributed by atoms with Gasteiger partial charge in [0.2, 0.25) is 5.75 Å². The number of ether oxygens (including phenoxy) is 5. The maximum atomic E-state index is 12.6. The number of benzene rings is 2. The second-order valence-electron chi connectivity index (χ2n) is 5.69. The van der Waals surface area contributed by atoms with E-state index in [1.807, 2.05) is 12.1 Å². The molecular weight excluding hydrogens is 396 g/mol. The van der Waals surface area contributed by atoms with Crippen LogP contribution in [0.4, 0.5) is 5.69 Å². The number of carbonyl (C=O) groups excluding carboxylic acids is 1. The van der Waals surface area contributed by atoms with E-state index in [9.17, 15) is 4.79 Å². The zero-order chi connectivity index (χ0) is 21.2. The first-order valence-corrected chi connectivity index (χ1v) is 9.07. The Bertz CT molecular complexity index is 834. The van der Waals surface area contributed by atoms with Crippen molar-refractivity contribution >= 4 is 28.9 Å². The van der Waals surface area contributed by atoms with Gasteiger partial charge in [-0.25, -0.2) is 0 Å². The number of anilines is 1. The molecule has 0 radical (unpaired) electrons. The van der Waals surface area contributed by atoms with E-state index in [2.05, 4.69) is 10.6 Å².